The van der Waals surface area contributed by atoms with E-state index in [1.807, 2.05) is 36.5 Å². The molecule has 34 heavy (non-hydrogen) atoms. The van der Waals surface area contributed by atoms with Crippen LogP contribution in [0.15, 0.2) is 42.6 Å². The molecular weight excluding hydrogens is 438 g/mol. The third-order valence-corrected chi connectivity index (χ3v) is 5.50. The van der Waals surface area contributed by atoms with Gasteiger partial charge in [-0.1, -0.05) is 44.2 Å². The summed E-state index contributed by atoms with van der Waals surface area (Å²) in [4.78, 5) is 50.6. The van der Waals surface area contributed by atoms with Crippen molar-refractivity contribution in [2.24, 2.45) is 5.92 Å². The first-order valence-corrected chi connectivity index (χ1v) is 11.5. The zero-order valence-corrected chi connectivity index (χ0v) is 19.5. The molecule has 1 aliphatic rings. The summed E-state index contributed by atoms with van der Waals surface area (Å²) < 4.78 is 7.01. The van der Waals surface area contributed by atoms with Crippen molar-refractivity contribution in [2.45, 2.75) is 58.3 Å². The Hall–Kier alpha value is -3.69. The molecule has 10 heteroatoms. The molecule has 0 aliphatic carbocycles. The third kappa shape index (κ3) is 7.16. The molecule has 2 unspecified atom stereocenters. The summed E-state index contributed by atoms with van der Waals surface area (Å²) in [5, 5.41) is 12.3. The van der Waals surface area contributed by atoms with Crippen LogP contribution in [-0.2, 0) is 38.7 Å². The number of alkyl carbamates (subject to hydrolysis) is 1. The van der Waals surface area contributed by atoms with Gasteiger partial charge in [-0.15, -0.1) is 0 Å². The van der Waals surface area contributed by atoms with Gasteiger partial charge in [0.15, 0.2) is 0 Å². The Morgan fingerprint density at radius 3 is 2.68 bits per heavy atom. The van der Waals surface area contributed by atoms with Crippen LogP contribution in [0.1, 0.15) is 37.9 Å². The Labute approximate surface area is 198 Å². The lowest BCUT2D eigenvalue weighted by atomic mass is 10.0. The third-order valence-electron chi connectivity index (χ3n) is 5.50. The van der Waals surface area contributed by atoms with Crippen LogP contribution in [0.2, 0.25) is 0 Å². The van der Waals surface area contributed by atoms with Crippen LogP contribution in [-0.4, -0.2) is 52.1 Å². The molecule has 2 heterocycles. The highest BCUT2D eigenvalue weighted by Gasteiger charge is 2.32. The van der Waals surface area contributed by atoms with Crippen molar-refractivity contribution in [3.8, 4) is 0 Å². The molecule has 3 amide bonds. The number of hydrogen-bond donors (Lipinski definition) is 3. The van der Waals surface area contributed by atoms with Gasteiger partial charge >= 0.3 is 6.09 Å². The molecule has 3 N–H and O–H groups in total. The van der Waals surface area contributed by atoms with Gasteiger partial charge in [0.25, 0.3) is 5.91 Å². The molecule has 0 fully saturated rings. The molecule has 182 valence electrons. The van der Waals surface area contributed by atoms with E-state index in [0.29, 0.717) is 25.2 Å². The lowest BCUT2D eigenvalue weighted by molar-refractivity contribution is -0.140. The minimum atomic E-state index is -1.11. The van der Waals surface area contributed by atoms with Crippen LogP contribution in [0.3, 0.4) is 0 Å². The van der Waals surface area contributed by atoms with Crippen LogP contribution < -0.4 is 16.0 Å². The van der Waals surface area contributed by atoms with E-state index >= 15 is 0 Å². The van der Waals surface area contributed by atoms with Crippen LogP contribution in [0.4, 0.5) is 4.79 Å². The number of ether oxygens (including phenoxy) is 1. The maximum Gasteiger partial charge on any atom is 0.408 e. The summed E-state index contributed by atoms with van der Waals surface area (Å²) in [6.45, 7) is 4.65. The highest BCUT2D eigenvalue weighted by molar-refractivity contribution is 6.38. The molecule has 10 nitrogen and oxygen atoms in total. The lowest BCUT2D eigenvalue weighted by Crippen LogP contribution is -2.56. The summed E-state index contributed by atoms with van der Waals surface area (Å²) in [5.41, 5.74) is 1.40. The quantitative estimate of drug-likeness (QED) is 0.547. The maximum absolute atomic E-state index is 13.1. The topological polar surface area (TPSA) is 131 Å². The fourth-order valence-corrected chi connectivity index (χ4v) is 3.59. The molecule has 0 saturated heterocycles. The molecule has 1 aliphatic heterocycles. The Kier molecular flexibility index (Phi) is 8.78. The van der Waals surface area contributed by atoms with Crippen molar-refractivity contribution in [3.63, 3.8) is 0 Å². The normalized spacial score (nSPS) is 17.7. The standard InChI is InChI=1S/C24H31N5O5/c1-16(2)20(27-24(33)34-15-17-8-4-3-5-9-17)22(31)26-19-14-18-10-13-29(28-18)12-7-6-11-25-23(32)21(19)30/h3-5,8-10,13,16,19-20H,6-7,11-12,14-15H2,1-2H3,(H,25,32)(H,26,31)(H,27,33). The van der Waals surface area contributed by atoms with Crippen molar-refractivity contribution >= 4 is 23.7 Å². The van der Waals surface area contributed by atoms with Gasteiger partial charge in [-0.25, -0.2) is 4.79 Å². The Morgan fingerprint density at radius 2 is 1.94 bits per heavy atom. The summed E-state index contributed by atoms with van der Waals surface area (Å²) >= 11 is 0. The first-order valence-electron chi connectivity index (χ1n) is 11.5. The van der Waals surface area contributed by atoms with E-state index in [-0.39, 0.29) is 18.9 Å². The molecule has 3 rings (SSSR count). The van der Waals surface area contributed by atoms with E-state index < -0.39 is 35.8 Å². The number of nitrogens with zero attached hydrogens (tertiary/aromatic N) is 2. The molecule has 1 aromatic carbocycles. The minimum absolute atomic E-state index is 0.0586. The number of benzene rings is 1. The van der Waals surface area contributed by atoms with Crippen molar-refractivity contribution < 1.29 is 23.9 Å². The number of amides is 3. The number of rotatable bonds is 6. The zero-order valence-electron chi connectivity index (χ0n) is 19.5. The molecule has 0 spiro atoms. The fraction of sp³-hybridized carbons (Fsp3) is 0.458. The summed E-state index contributed by atoms with van der Waals surface area (Å²) in [5.74, 6) is -2.37. The molecular formula is C24H31N5O5. The van der Waals surface area contributed by atoms with Crippen LogP contribution >= 0.6 is 0 Å². The van der Waals surface area contributed by atoms with Crippen molar-refractivity contribution in [1.29, 1.82) is 0 Å². The first kappa shape index (κ1) is 24.9. The second-order valence-electron chi connectivity index (χ2n) is 8.59. The average Bonchev–Trinajstić information content (AvgIpc) is 3.27. The largest absolute Gasteiger partial charge is 0.445 e. The number of carbonyl (C=O) groups excluding carboxylic acids is 4. The van der Waals surface area contributed by atoms with Gasteiger partial charge in [0.1, 0.15) is 18.7 Å². The summed E-state index contributed by atoms with van der Waals surface area (Å²) in [6.07, 6.45) is 2.65. The number of nitrogens with one attached hydrogen (secondary N) is 3. The van der Waals surface area contributed by atoms with Gasteiger partial charge in [-0.3, -0.25) is 19.1 Å². The molecule has 2 atom stereocenters. The summed E-state index contributed by atoms with van der Waals surface area (Å²) in [6, 6.07) is 8.86. The highest BCUT2D eigenvalue weighted by atomic mass is 16.5. The second kappa shape index (κ2) is 12.0. The van der Waals surface area contributed by atoms with E-state index in [4.69, 9.17) is 4.74 Å². The lowest BCUT2D eigenvalue weighted by Gasteiger charge is -2.24. The molecule has 0 radical (unpaired) electrons. The average molecular weight is 470 g/mol. The Balaban J connectivity index is 1.67. The van der Waals surface area contributed by atoms with Gasteiger partial charge in [0, 0.05) is 25.7 Å². The number of ketones is 1. The number of Topliss-reactive ketones (excluding diaryl/α,β-unsaturated/α-hetero) is 1. The van der Waals surface area contributed by atoms with E-state index in [9.17, 15) is 19.2 Å². The van der Waals surface area contributed by atoms with Gasteiger partial charge in [-0.05, 0) is 30.4 Å². The highest BCUT2D eigenvalue weighted by Crippen LogP contribution is 2.09. The second-order valence-corrected chi connectivity index (χ2v) is 8.59. The van der Waals surface area contributed by atoms with Crippen molar-refractivity contribution in [2.75, 3.05) is 6.54 Å². The minimum Gasteiger partial charge on any atom is -0.445 e. The van der Waals surface area contributed by atoms with E-state index in [2.05, 4.69) is 21.0 Å². The summed E-state index contributed by atoms with van der Waals surface area (Å²) in [7, 11) is 0. The van der Waals surface area contributed by atoms with Crippen molar-refractivity contribution in [3.05, 3.63) is 53.9 Å². The SMILES string of the molecule is CC(C)C(NC(=O)OCc1ccccc1)C(=O)NC1Cc2ccn(n2)CCCCNC(=O)C1=O. The molecule has 0 saturated carbocycles. The predicted octanol–water partition coefficient (Wildman–Crippen LogP) is 1.34. The Morgan fingerprint density at radius 1 is 1.18 bits per heavy atom. The smallest absolute Gasteiger partial charge is 0.408 e. The van der Waals surface area contributed by atoms with E-state index in [0.717, 1.165) is 12.0 Å². The number of hydrogen-bond acceptors (Lipinski definition) is 6. The fourth-order valence-electron chi connectivity index (χ4n) is 3.59. The zero-order chi connectivity index (χ0) is 24.5. The van der Waals surface area contributed by atoms with Gasteiger partial charge in [0.2, 0.25) is 11.7 Å². The van der Waals surface area contributed by atoms with Gasteiger partial charge in [0.05, 0.1) is 5.69 Å². The van der Waals surface area contributed by atoms with Crippen LogP contribution in [0.5, 0.6) is 0 Å². The van der Waals surface area contributed by atoms with Gasteiger partial charge < -0.3 is 20.7 Å². The van der Waals surface area contributed by atoms with Crippen LogP contribution in [0, 0.1) is 5.92 Å². The van der Waals surface area contributed by atoms with Crippen molar-refractivity contribution in [1.82, 2.24) is 25.7 Å². The maximum atomic E-state index is 13.1. The van der Waals surface area contributed by atoms with E-state index in [1.54, 1.807) is 24.6 Å². The Bertz CT molecular complexity index is 1000. The van der Waals surface area contributed by atoms with E-state index in [1.165, 1.54) is 0 Å². The van der Waals surface area contributed by atoms with Crippen LogP contribution in [0.25, 0.3) is 0 Å². The number of fused-ring (bicyclic) bond motifs is 2. The molecule has 2 aromatic rings. The first-order chi connectivity index (χ1) is 16.3. The monoisotopic (exact) mass is 469 g/mol. The number of aryl methyl sites for hydroxylation is 1. The number of aromatic nitrogens is 2. The van der Waals surface area contributed by atoms with Gasteiger partial charge in [-0.2, -0.15) is 5.10 Å². The predicted molar refractivity (Wildman–Crippen MR) is 124 cm³/mol. The molecule has 2 bridgehead atoms. The molecule has 1 aromatic heterocycles. The number of carbonyl (C=O) groups is 4.